The molecule has 2 atom stereocenters. The summed E-state index contributed by atoms with van der Waals surface area (Å²) in [7, 11) is 1.73. The first kappa shape index (κ1) is 9.92. The molecule has 0 spiro atoms. The predicted molar refractivity (Wildman–Crippen MR) is 43.9 cm³/mol. The molecule has 2 N–H and O–H groups in total. The Kier molecular flexibility index (Phi) is 5.64. The van der Waals surface area contributed by atoms with Crippen LogP contribution >= 0.6 is 0 Å². The van der Waals surface area contributed by atoms with Crippen LogP contribution in [-0.4, -0.2) is 19.8 Å². The quantitative estimate of drug-likeness (QED) is 0.634. The second-order valence-corrected chi connectivity index (χ2v) is 2.83. The van der Waals surface area contributed by atoms with Crippen molar-refractivity contribution in [3.63, 3.8) is 0 Å². The second-order valence-electron chi connectivity index (χ2n) is 2.83. The highest BCUT2D eigenvalue weighted by atomic mass is 16.5. The molecule has 0 aromatic heterocycles. The molecule has 0 saturated carbocycles. The Hall–Kier alpha value is -0.0800. The number of methoxy groups -OCH3 is 1. The van der Waals surface area contributed by atoms with E-state index in [0.29, 0.717) is 12.0 Å². The zero-order valence-corrected chi connectivity index (χ0v) is 7.26. The lowest BCUT2D eigenvalue weighted by molar-refractivity contribution is 0.174. The van der Waals surface area contributed by atoms with Gasteiger partial charge in [0.25, 0.3) is 0 Å². The van der Waals surface area contributed by atoms with E-state index in [-0.39, 0.29) is 0 Å². The molecule has 10 heavy (non-hydrogen) atoms. The van der Waals surface area contributed by atoms with Gasteiger partial charge in [-0.3, -0.25) is 0 Å². The lowest BCUT2D eigenvalue weighted by atomic mass is 9.98. The van der Waals surface area contributed by atoms with E-state index in [4.69, 9.17) is 10.5 Å². The average molecular weight is 145 g/mol. The first-order valence-corrected chi connectivity index (χ1v) is 3.96. The number of rotatable bonds is 5. The van der Waals surface area contributed by atoms with Crippen LogP contribution in [0, 0.1) is 5.92 Å². The van der Waals surface area contributed by atoms with Gasteiger partial charge in [0.1, 0.15) is 0 Å². The smallest absolute Gasteiger partial charge is 0.0465 e. The Bertz CT molecular complexity index is 75.7. The maximum absolute atomic E-state index is 5.80. The minimum atomic E-state index is 0.343. The monoisotopic (exact) mass is 145 g/mol. The van der Waals surface area contributed by atoms with Gasteiger partial charge in [-0.05, 0) is 18.8 Å². The molecule has 0 amide bonds. The van der Waals surface area contributed by atoms with Gasteiger partial charge in [0.2, 0.25) is 0 Å². The van der Waals surface area contributed by atoms with Crippen LogP contribution in [-0.2, 0) is 4.74 Å². The van der Waals surface area contributed by atoms with Gasteiger partial charge in [-0.25, -0.2) is 0 Å². The van der Waals surface area contributed by atoms with Crippen LogP contribution in [0.3, 0.4) is 0 Å². The lowest BCUT2D eigenvalue weighted by Crippen LogP contribution is -2.27. The van der Waals surface area contributed by atoms with Crippen molar-refractivity contribution in [3.8, 4) is 0 Å². The van der Waals surface area contributed by atoms with Crippen molar-refractivity contribution in [2.24, 2.45) is 11.7 Å². The van der Waals surface area contributed by atoms with Crippen molar-refractivity contribution in [1.29, 1.82) is 0 Å². The maximum atomic E-state index is 5.80. The van der Waals surface area contributed by atoms with Gasteiger partial charge < -0.3 is 10.5 Å². The highest BCUT2D eigenvalue weighted by Gasteiger charge is 2.08. The highest BCUT2D eigenvalue weighted by molar-refractivity contribution is 4.66. The summed E-state index contributed by atoms with van der Waals surface area (Å²) in [6.45, 7) is 5.12. The third-order valence-electron chi connectivity index (χ3n) is 1.98. The van der Waals surface area contributed by atoms with Gasteiger partial charge >= 0.3 is 0 Å². The fourth-order valence-electron chi connectivity index (χ4n) is 0.920. The number of hydrogen-bond acceptors (Lipinski definition) is 2. The van der Waals surface area contributed by atoms with Gasteiger partial charge in [0, 0.05) is 19.8 Å². The minimum Gasteiger partial charge on any atom is -0.385 e. The summed E-state index contributed by atoms with van der Waals surface area (Å²) >= 11 is 0. The van der Waals surface area contributed by atoms with Crippen LogP contribution < -0.4 is 5.73 Å². The first-order valence-electron chi connectivity index (χ1n) is 3.96. The standard InChI is InChI=1S/C8H19NO/c1-4-8(9)7(2)5-6-10-3/h7-8H,4-6,9H2,1-3H3. The van der Waals surface area contributed by atoms with Crippen molar-refractivity contribution in [2.45, 2.75) is 32.7 Å². The fraction of sp³-hybridized carbons (Fsp3) is 1.00. The number of nitrogens with two attached hydrogens (primary N) is 1. The molecule has 0 aliphatic carbocycles. The SMILES string of the molecule is CCC(N)C(C)CCOC. The molecule has 2 nitrogen and oxygen atoms in total. The molecular weight excluding hydrogens is 126 g/mol. The van der Waals surface area contributed by atoms with E-state index in [0.717, 1.165) is 19.4 Å². The van der Waals surface area contributed by atoms with Crippen LogP contribution in [0.2, 0.25) is 0 Å². The van der Waals surface area contributed by atoms with Gasteiger partial charge in [-0.1, -0.05) is 13.8 Å². The lowest BCUT2D eigenvalue weighted by Gasteiger charge is -2.17. The average Bonchev–Trinajstić information content (AvgIpc) is 1.98. The summed E-state index contributed by atoms with van der Waals surface area (Å²) < 4.78 is 4.95. The summed E-state index contributed by atoms with van der Waals surface area (Å²) in [5.74, 6) is 0.588. The van der Waals surface area contributed by atoms with Gasteiger partial charge in [-0.2, -0.15) is 0 Å². The van der Waals surface area contributed by atoms with Crippen molar-refractivity contribution in [3.05, 3.63) is 0 Å². The zero-order valence-electron chi connectivity index (χ0n) is 7.26. The number of hydrogen-bond donors (Lipinski definition) is 1. The molecule has 0 bridgehead atoms. The molecule has 0 fully saturated rings. The highest BCUT2D eigenvalue weighted by Crippen LogP contribution is 2.08. The Balaban J connectivity index is 3.31. The molecule has 2 unspecified atom stereocenters. The fourth-order valence-corrected chi connectivity index (χ4v) is 0.920. The van der Waals surface area contributed by atoms with Crippen LogP contribution in [0.25, 0.3) is 0 Å². The molecule has 0 rings (SSSR count). The third-order valence-corrected chi connectivity index (χ3v) is 1.98. The Morgan fingerprint density at radius 2 is 2.10 bits per heavy atom. The van der Waals surface area contributed by atoms with E-state index >= 15 is 0 Å². The van der Waals surface area contributed by atoms with Crippen LogP contribution in [0.5, 0.6) is 0 Å². The molecule has 0 aromatic rings. The van der Waals surface area contributed by atoms with E-state index in [9.17, 15) is 0 Å². The van der Waals surface area contributed by atoms with E-state index in [1.165, 1.54) is 0 Å². The van der Waals surface area contributed by atoms with E-state index < -0.39 is 0 Å². The normalized spacial score (nSPS) is 16.8. The molecule has 2 heteroatoms. The van der Waals surface area contributed by atoms with Crippen molar-refractivity contribution >= 4 is 0 Å². The Morgan fingerprint density at radius 3 is 2.50 bits per heavy atom. The summed E-state index contributed by atoms with van der Waals surface area (Å²) in [4.78, 5) is 0. The van der Waals surface area contributed by atoms with Crippen LogP contribution in [0.4, 0.5) is 0 Å². The Morgan fingerprint density at radius 1 is 1.50 bits per heavy atom. The van der Waals surface area contributed by atoms with Crippen molar-refractivity contribution < 1.29 is 4.74 Å². The minimum absolute atomic E-state index is 0.343. The first-order chi connectivity index (χ1) is 4.72. The van der Waals surface area contributed by atoms with Gasteiger partial charge in [0.15, 0.2) is 0 Å². The largest absolute Gasteiger partial charge is 0.385 e. The van der Waals surface area contributed by atoms with Gasteiger partial charge in [0.05, 0.1) is 0 Å². The third kappa shape index (κ3) is 3.85. The van der Waals surface area contributed by atoms with E-state index in [2.05, 4.69) is 13.8 Å². The van der Waals surface area contributed by atoms with Crippen molar-refractivity contribution in [1.82, 2.24) is 0 Å². The molecule has 0 aliphatic heterocycles. The summed E-state index contributed by atoms with van der Waals surface area (Å²) in [6, 6.07) is 0.343. The van der Waals surface area contributed by atoms with E-state index in [1.807, 2.05) is 0 Å². The molecule has 0 aliphatic rings. The zero-order chi connectivity index (χ0) is 7.98. The van der Waals surface area contributed by atoms with Crippen LogP contribution in [0.1, 0.15) is 26.7 Å². The number of ether oxygens (including phenoxy) is 1. The molecular formula is C8H19NO. The molecule has 0 saturated heterocycles. The topological polar surface area (TPSA) is 35.2 Å². The summed E-state index contributed by atoms with van der Waals surface area (Å²) in [5.41, 5.74) is 5.80. The van der Waals surface area contributed by atoms with Gasteiger partial charge in [-0.15, -0.1) is 0 Å². The predicted octanol–water partition coefficient (Wildman–Crippen LogP) is 1.40. The maximum Gasteiger partial charge on any atom is 0.0465 e. The van der Waals surface area contributed by atoms with Crippen molar-refractivity contribution in [2.75, 3.05) is 13.7 Å². The molecule has 0 aromatic carbocycles. The molecule has 0 radical (unpaired) electrons. The van der Waals surface area contributed by atoms with Crippen LogP contribution in [0.15, 0.2) is 0 Å². The molecule has 62 valence electrons. The molecule has 0 heterocycles. The second kappa shape index (κ2) is 5.69. The van der Waals surface area contributed by atoms with E-state index in [1.54, 1.807) is 7.11 Å². The Labute approximate surface area is 63.7 Å². The summed E-state index contributed by atoms with van der Waals surface area (Å²) in [6.07, 6.45) is 2.14. The summed E-state index contributed by atoms with van der Waals surface area (Å²) in [5, 5.41) is 0.